The fourth-order valence-corrected chi connectivity index (χ4v) is 2.57. The highest BCUT2D eigenvalue weighted by Crippen LogP contribution is 2.24. The lowest BCUT2D eigenvalue weighted by molar-refractivity contribution is 0.0595. The number of methoxy groups -OCH3 is 2. The van der Waals surface area contributed by atoms with Crippen LogP contribution in [0.5, 0.6) is 5.75 Å². The van der Waals surface area contributed by atoms with Gasteiger partial charge in [0.2, 0.25) is 0 Å². The van der Waals surface area contributed by atoms with E-state index in [1.54, 1.807) is 12.1 Å². The predicted molar refractivity (Wildman–Crippen MR) is 91.7 cm³/mol. The first-order valence-electron chi connectivity index (χ1n) is 8.04. The molecule has 0 atom stereocenters. The quantitative estimate of drug-likeness (QED) is 0.465. The smallest absolute Gasteiger partial charge is 0.360 e. The molecule has 3 aromatic rings. The molecule has 142 valence electrons. The third kappa shape index (κ3) is 3.87. The molecule has 0 aliphatic rings. The first kappa shape index (κ1) is 18.7. The summed E-state index contributed by atoms with van der Waals surface area (Å²) in [5.74, 6) is -2.18. The molecule has 0 unspecified atom stereocenters. The Hall–Kier alpha value is -3.07. The Morgan fingerprint density at radius 3 is 2.59 bits per heavy atom. The summed E-state index contributed by atoms with van der Waals surface area (Å²) in [5, 5.41) is 4.12. The number of carbonyl (C=O) groups excluding carboxylic acids is 1. The molecular formula is C18H17F2N3O4. The van der Waals surface area contributed by atoms with Crippen LogP contribution in [0.3, 0.4) is 0 Å². The Bertz CT molecular complexity index is 951. The SMILES string of the molecule is COCCOc1cc(F)c(Cn2nc(C(=O)OC)c3ncccc32)c(F)c1. The number of hydrogen-bond donors (Lipinski definition) is 0. The minimum absolute atomic E-state index is 0.0200. The van der Waals surface area contributed by atoms with Gasteiger partial charge in [-0.3, -0.25) is 9.67 Å². The molecule has 0 bridgehead atoms. The van der Waals surface area contributed by atoms with E-state index < -0.39 is 17.6 Å². The average molecular weight is 377 g/mol. The van der Waals surface area contributed by atoms with Crippen molar-refractivity contribution < 1.29 is 27.8 Å². The molecule has 7 nitrogen and oxygen atoms in total. The third-order valence-corrected chi connectivity index (χ3v) is 3.87. The molecule has 2 heterocycles. The number of hydrogen-bond acceptors (Lipinski definition) is 6. The summed E-state index contributed by atoms with van der Waals surface area (Å²) in [4.78, 5) is 16.0. The van der Waals surface area contributed by atoms with Crippen molar-refractivity contribution in [1.29, 1.82) is 0 Å². The van der Waals surface area contributed by atoms with Crippen LogP contribution in [0.25, 0.3) is 11.0 Å². The molecule has 3 rings (SSSR count). The maximum absolute atomic E-state index is 14.4. The van der Waals surface area contributed by atoms with Gasteiger partial charge in [0, 0.05) is 31.0 Å². The van der Waals surface area contributed by atoms with E-state index in [1.165, 1.54) is 25.1 Å². The summed E-state index contributed by atoms with van der Waals surface area (Å²) >= 11 is 0. The fraction of sp³-hybridized carbons (Fsp3) is 0.278. The zero-order chi connectivity index (χ0) is 19.4. The highest BCUT2D eigenvalue weighted by molar-refractivity contribution is 6.00. The van der Waals surface area contributed by atoms with Gasteiger partial charge >= 0.3 is 5.97 Å². The summed E-state index contributed by atoms with van der Waals surface area (Å²) in [5.41, 5.74) is 0.522. The molecule has 0 radical (unpaired) electrons. The van der Waals surface area contributed by atoms with E-state index in [2.05, 4.69) is 14.8 Å². The van der Waals surface area contributed by atoms with Gasteiger partial charge in [0.25, 0.3) is 0 Å². The average Bonchev–Trinajstić information content (AvgIpc) is 3.03. The molecule has 0 N–H and O–H groups in total. The number of benzene rings is 1. The van der Waals surface area contributed by atoms with Crippen LogP contribution >= 0.6 is 0 Å². The Labute approximate surface area is 153 Å². The Morgan fingerprint density at radius 2 is 1.93 bits per heavy atom. The Morgan fingerprint density at radius 1 is 1.19 bits per heavy atom. The van der Waals surface area contributed by atoms with Crippen LogP contribution in [0, 0.1) is 11.6 Å². The van der Waals surface area contributed by atoms with E-state index in [0.717, 1.165) is 12.1 Å². The number of ether oxygens (including phenoxy) is 3. The van der Waals surface area contributed by atoms with Gasteiger partial charge in [-0.1, -0.05) is 0 Å². The maximum atomic E-state index is 14.4. The standard InChI is InChI=1S/C18H17F2N3O4/c1-25-6-7-27-11-8-13(19)12(14(20)9-11)10-23-15-4-3-5-21-16(15)17(22-23)18(24)26-2/h3-5,8-9H,6-7,10H2,1-2H3. The Balaban J connectivity index is 1.95. The summed E-state index contributed by atoms with van der Waals surface area (Å²) in [6.07, 6.45) is 1.49. The van der Waals surface area contributed by atoms with Crippen LogP contribution in [0.4, 0.5) is 8.78 Å². The minimum atomic E-state index is -0.783. The summed E-state index contributed by atoms with van der Waals surface area (Å²) in [7, 11) is 2.72. The van der Waals surface area contributed by atoms with Crippen LogP contribution in [0.1, 0.15) is 16.1 Å². The molecule has 0 fully saturated rings. The predicted octanol–water partition coefficient (Wildman–Crippen LogP) is 2.57. The van der Waals surface area contributed by atoms with E-state index in [4.69, 9.17) is 9.47 Å². The highest BCUT2D eigenvalue weighted by Gasteiger charge is 2.21. The van der Waals surface area contributed by atoms with Crippen molar-refractivity contribution in [2.24, 2.45) is 0 Å². The first-order valence-corrected chi connectivity index (χ1v) is 8.04. The highest BCUT2D eigenvalue weighted by atomic mass is 19.1. The summed E-state index contributed by atoms with van der Waals surface area (Å²) in [6, 6.07) is 5.49. The van der Waals surface area contributed by atoms with Crippen molar-refractivity contribution in [2.45, 2.75) is 6.54 Å². The molecular weight excluding hydrogens is 360 g/mol. The van der Waals surface area contributed by atoms with E-state index in [-0.39, 0.29) is 30.2 Å². The Kier molecular flexibility index (Phi) is 5.60. The zero-order valence-electron chi connectivity index (χ0n) is 14.7. The number of halogens is 2. The molecule has 27 heavy (non-hydrogen) atoms. The van der Waals surface area contributed by atoms with Gasteiger partial charge in [0.1, 0.15) is 29.5 Å². The van der Waals surface area contributed by atoms with Gasteiger partial charge in [-0.05, 0) is 12.1 Å². The molecule has 1 aromatic carbocycles. The van der Waals surface area contributed by atoms with Gasteiger partial charge < -0.3 is 14.2 Å². The lowest BCUT2D eigenvalue weighted by Gasteiger charge is -2.10. The van der Waals surface area contributed by atoms with E-state index in [0.29, 0.717) is 17.6 Å². The first-order chi connectivity index (χ1) is 13.0. The normalized spacial score (nSPS) is 11.0. The van der Waals surface area contributed by atoms with Crippen molar-refractivity contribution in [1.82, 2.24) is 14.8 Å². The van der Waals surface area contributed by atoms with Crippen molar-refractivity contribution >= 4 is 17.0 Å². The van der Waals surface area contributed by atoms with Crippen LogP contribution in [0.15, 0.2) is 30.5 Å². The molecule has 0 amide bonds. The van der Waals surface area contributed by atoms with Crippen LogP contribution in [0.2, 0.25) is 0 Å². The number of aromatic nitrogens is 3. The minimum Gasteiger partial charge on any atom is -0.491 e. The molecule has 0 aliphatic carbocycles. The maximum Gasteiger partial charge on any atom is 0.360 e. The molecule has 0 saturated heterocycles. The van der Waals surface area contributed by atoms with Crippen molar-refractivity contribution in [3.8, 4) is 5.75 Å². The topological polar surface area (TPSA) is 75.5 Å². The van der Waals surface area contributed by atoms with E-state index in [9.17, 15) is 13.6 Å². The van der Waals surface area contributed by atoms with Crippen molar-refractivity contribution in [2.75, 3.05) is 27.4 Å². The van der Waals surface area contributed by atoms with Crippen LogP contribution in [-0.2, 0) is 16.0 Å². The number of carbonyl (C=O) groups is 1. The van der Waals surface area contributed by atoms with Gasteiger partial charge in [-0.2, -0.15) is 5.10 Å². The molecule has 2 aromatic heterocycles. The van der Waals surface area contributed by atoms with E-state index >= 15 is 0 Å². The van der Waals surface area contributed by atoms with E-state index in [1.807, 2.05) is 0 Å². The fourth-order valence-electron chi connectivity index (χ4n) is 2.57. The second-order valence-corrected chi connectivity index (χ2v) is 5.58. The molecule has 0 saturated carbocycles. The van der Waals surface area contributed by atoms with Gasteiger partial charge in [-0.25, -0.2) is 13.6 Å². The number of pyridine rings is 1. The molecule has 0 spiro atoms. The van der Waals surface area contributed by atoms with Crippen LogP contribution in [-0.4, -0.2) is 48.2 Å². The van der Waals surface area contributed by atoms with Gasteiger partial charge in [0.15, 0.2) is 5.69 Å². The number of rotatable bonds is 7. The largest absolute Gasteiger partial charge is 0.491 e. The lowest BCUT2D eigenvalue weighted by Crippen LogP contribution is -2.10. The van der Waals surface area contributed by atoms with Crippen molar-refractivity contribution in [3.63, 3.8) is 0 Å². The second kappa shape index (κ2) is 8.09. The second-order valence-electron chi connectivity index (χ2n) is 5.58. The molecule has 0 aliphatic heterocycles. The molecule has 9 heteroatoms. The third-order valence-electron chi connectivity index (χ3n) is 3.87. The number of fused-ring (bicyclic) bond motifs is 1. The lowest BCUT2D eigenvalue weighted by atomic mass is 10.2. The number of nitrogens with zero attached hydrogens (tertiary/aromatic N) is 3. The number of esters is 1. The monoisotopic (exact) mass is 377 g/mol. The zero-order valence-corrected chi connectivity index (χ0v) is 14.7. The van der Waals surface area contributed by atoms with Crippen molar-refractivity contribution in [3.05, 3.63) is 53.4 Å². The summed E-state index contributed by atoms with van der Waals surface area (Å²) < 4.78 is 44.9. The van der Waals surface area contributed by atoms with Gasteiger partial charge in [0.05, 0.1) is 25.8 Å². The summed E-state index contributed by atoms with van der Waals surface area (Å²) in [6.45, 7) is 0.245. The van der Waals surface area contributed by atoms with Gasteiger partial charge in [-0.15, -0.1) is 0 Å². The van der Waals surface area contributed by atoms with Crippen LogP contribution < -0.4 is 4.74 Å².